The van der Waals surface area contributed by atoms with Gasteiger partial charge in [0.2, 0.25) is 0 Å². The molecular weight excluding hydrogens is 428 g/mol. The van der Waals surface area contributed by atoms with E-state index in [4.69, 9.17) is 9.47 Å². The first kappa shape index (κ1) is 24.8. The van der Waals surface area contributed by atoms with E-state index in [9.17, 15) is 19.9 Å². The highest BCUT2D eigenvalue weighted by molar-refractivity contribution is 7.99. The lowest BCUT2D eigenvalue weighted by atomic mass is 9.93. The fourth-order valence-corrected chi connectivity index (χ4v) is 5.91. The first-order valence-electron chi connectivity index (χ1n) is 10.6. The molecule has 4 N–H and O–H groups in total. The molecule has 0 aromatic carbocycles. The molecule has 174 valence electrons. The summed E-state index contributed by atoms with van der Waals surface area (Å²) in [6, 6.07) is -0.455. The van der Waals surface area contributed by atoms with Crippen LogP contribution in [0.15, 0.2) is 12.2 Å². The van der Waals surface area contributed by atoms with Gasteiger partial charge in [0.1, 0.15) is 34.6 Å². The standard InChI is InChI=1S/C20H36N2O6S2/c1-20(2,3)30(26)21-14-6-4-5-13(11-22-7-9-27-10-8-22)12-29-19-17(25)15(23)16(24)18(14)28-19/h4-5,13-19,21,23-25H,6-12H2,1-3H3/b5-4-/t13-,14+,15-,16+,17+,18+,19+,30?/m0/s1. The van der Waals surface area contributed by atoms with Gasteiger partial charge in [-0.2, -0.15) is 0 Å². The van der Waals surface area contributed by atoms with Crippen LogP contribution < -0.4 is 4.72 Å². The van der Waals surface area contributed by atoms with Crippen molar-refractivity contribution in [2.75, 3.05) is 38.6 Å². The molecule has 0 radical (unpaired) electrons. The van der Waals surface area contributed by atoms with E-state index in [-0.39, 0.29) is 5.92 Å². The van der Waals surface area contributed by atoms with Crippen molar-refractivity contribution in [3.8, 4) is 0 Å². The SMILES string of the molecule is CC(C)(C)[S+]([O-])N[C@@H]1C/C=C\[C@@H](CN2CCOCC2)CS[C@H]2O[C@H]1[C@H](O)[C@H](O)[C@H]2O. The first-order chi connectivity index (χ1) is 14.2. The van der Waals surface area contributed by atoms with Gasteiger partial charge in [-0.25, -0.2) is 0 Å². The number of ether oxygens (including phenoxy) is 2. The average molecular weight is 465 g/mol. The average Bonchev–Trinajstić information content (AvgIpc) is 2.70. The summed E-state index contributed by atoms with van der Waals surface area (Å²) in [5.41, 5.74) is -0.653. The lowest BCUT2D eigenvalue weighted by molar-refractivity contribution is -0.203. The highest BCUT2D eigenvalue weighted by Crippen LogP contribution is 2.33. The zero-order chi connectivity index (χ0) is 21.9. The fourth-order valence-electron chi connectivity index (χ4n) is 3.83. The van der Waals surface area contributed by atoms with E-state index in [1.165, 1.54) is 11.8 Å². The van der Waals surface area contributed by atoms with Gasteiger partial charge in [0.15, 0.2) is 0 Å². The Labute approximate surface area is 186 Å². The van der Waals surface area contributed by atoms with Crippen LogP contribution in [0.3, 0.4) is 0 Å². The van der Waals surface area contributed by atoms with E-state index in [1.807, 2.05) is 20.8 Å². The van der Waals surface area contributed by atoms with Gasteiger partial charge < -0.3 is 29.3 Å². The van der Waals surface area contributed by atoms with Crippen LogP contribution in [-0.4, -0.2) is 104 Å². The molecule has 10 heteroatoms. The van der Waals surface area contributed by atoms with E-state index >= 15 is 0 Å². The lowest BCUT2D eigenvalue weighted by Crippen LogP contribution is -2.63. The van der Waals surface area contributed by atoms with Gasteiger partial charge in [0, 0.05) is 36.7 Å². The van der Waals surface area contributed by atoms with Crippen molar-refractivity contribution < 1.29 is 29.3 Å². The normalized spacial score (nSPS) is 41.2. The zero-order valence-electron chi connectivity index (χ0n) is 18.0. The molecule has 0 aromatic rings. The highest BCUT2D eigenvalue weighted by Gasteiger charge is 2.48. The van der Waals surface area contributed by atoms with Crippen molar-refractivity contribution >= 4 is 23.1 Å². The number of fused-ring (bicyclic) bond motifs is 2. The second-order valence-corrected chi connectivity index (χ2v) is 12.3. The van der Waals surface area contributed by atoms with Gasteiger partial charge in [-0.3, -0.25) is 4.90 Å². The quantitative estimate of drug-likeness (QED) is 0.333. The summed E-state index contributed by atoms with van der Waals surface area (Å²) in [5.74, 6) is 0.982. The predicted molar refractivity (Wildman–Crippen MR) is 118 cm³/mol. The monoisotopic (exact) mass is 464 g/mol. The third-order valence-electron chi connectivity index (χ3n) is 5.69. The Kier molecular flexibility index (Phi) is 8.93. The summed E-state index contributed by atoms with van der Waals surface area (Å²) in [4.78, 5) is 2.37. The van der Waals surface area contributed by atoms with E-state index < -0.39 is 52.0 Å². The summed E-state index contributed by atoms with van der Waals surface area (Å²) in [6.45, 7) is 9.80. The van der Waals surface area contributed by atoms with Crippen LogP contribution in [0.25, 0.3) is 0 Å². The van der Waals surface area contributed by atoms with Gasteiger partial charge in [-0.05, 0) is 33.1 Å². The van der Waals surface area contributed by atoms with Crippen LogP contribution >= 0.6 is 11.8 Å². The summed E-state index contributed by atoms with van der Waals surface area (Å²) < 4.78 is 26.8. The molecule has 0 aliphatic carbocycles. The zero-order valence-corrected chi connectivity index (χ0v) is 19.6. The van der Waals surface area contributed by atoms with Crippen LogP contribution in [0.1, 0.15) is 27.2 Å². The molecule has 3 rings (SSSR count). The van der Waals surface area contributed by atoms with Gasteiger partial charge in [0.25, 0.3) is 0 Å². The van der Waals surface area contributed by atoms with Gasteiger partial charge in [-0.1, -0.05) is 12.2 Å². The molecule has 8 nitrogen and oxygen atoms in total. The molecule has 2 saturated heterocycles. The van der Waals surface area contributed by atoms with Crippen LogP contribution in [0, 0.1) is 5.92 Å². The maximum absolute atomic E-state index is 12.7. The summed E-state index contributed by atoms with van der Waals surface area (Å²) in [6.07, 6.45) is 0.210. The van der Waals surface area contributed by atoms with Gasteiger partial charge >= 0.3 is 0 Å². The molecule has 3 heterocycles. The number of morpholine rings is 1. The minimum atomic E-state index is -1.37. The highest BCUT2D eigenvalue weighted by atomic mass is 32.2. The van der Waals surface area contributed by atoms with E-state index in [2.05, 4.69) is 21.8 Å². The molecule has 2 fully saturated rings. The van der Waals surface area contributed by atoms with Crippen molar-refractivity contribution in [1.82, 2.24) is 9.62 Å². The minimum Gasteiger partial charge on any atom is -0.598 e. The molecule has 30 heavy (non-hydrogen) atoms. The van der Waals surface area contributed by atoms with Crippen molar-refractivity contribution in [2.24, 2.45) is 5.92 Å². The number of aliphatic hydroxyl groups is 3. The fraction of sp³-hybridized carbons (Fsp3) is 0.900. The Hall–Kier alpha value is 0.120. The van der Waals surface area contributed by atoms with Crippen LogP contribution in [0.4, 0.5) is 0 Å². The Morgan fingerprint density at radius 1 is 1.17 bits per heavy atom. The Morgan fingerprint density at radius 3 is 2.53 bits per heavy atom. The number of nitrogens with one attached hydrogen (secondary N) is 1. The molecule has 3 aliphatic rings. The van der Waals surface area contributed by atoms with E-state index in [1.54, 1.807) is 0 Å². The summed E-state index contributed by atoms with van der Waals surface area (Å²) in [7, 11) is 0. The number of hydrogen-bond donors (Lipinski definition) is 4. The molecule has 2 bridgehead atoms. The maximum Gasteiger partial charge on any atom is 0.136 e. The number of rotatable bonds is 4. The lowest BCUT2D eigenvalue weighted by Gasteiger charge is -2.44. The summed E-state index contributed by atoms with van der Waals surface area (Å²) >= 11 is 0.0908. The Balaban J connectivity index is 1.77. The van der Waals surface area contributed by atoms with Crippen molar-refractivity contribution in [2.45, 2.75) is 67.8 Å². The maximum atomic E-state index is 12.7. The summed E-state index contributed by atoms with van der Waals surface area (Å²) in [5, 5.41) is 31.5. The number of hydrogen-bond acceptors (Lipinski definition) is 9. The van der Waals surface area contributed by atoms with Crippen molar-refractivity contribution in [3.05, 3.63) is 12.2 Å². The molecule has 0 aromatic heterocycles. The minimum absolute atomic E-state index is 0.248. The van der Waals surface area contributed by atoms with Crippen LogP contribution in [-0.2, 0) is 20.8 Å². The molecular formula is C20H36N2O6S2. The molecule has 3 aliphatic heterocycles. The number of aliphatic hydroxyl groups excluding tert-OH is 3. The Morgan fingerprint density at radius 2 is 1.87 bits per heavy atom. The number of nitrogens with zero attached hydrogens (tertiary/aromatic N) is 1. The first-order valence-corrected chi connectivity index (χ1v) is 12.8. The molecule has 0 saturated carbocycles. The molecule has 1 unspecified atom stereocenters. The smallest absolute Gasteiger partial charge is 0.136 e. The van der Waals surface area contributed by atoms with Gasteiger partial charge in [0.05, 0.1) is 19.3 Å². The van der Waals surface area contributed by atoms with Crippen molar-refractivity contribution in [1.29, 1.82) is 0 Å². The van der Waals surface area contributed by atoms with Crippen LogP contribution in [0.5, 0.6) is 0 Å². The second-order valence-electron chi connectivity index (χ2n) is 9.22. The number of thioether (sulfide) groups is 1. The van der Waals surface area contributed by atoms with Gasteiger partial charge in [-0.15, -0.1) is 16.5 Å². The van der Waals surface area contributed by atoms with E-state index in [0.29, 0.717) is 6.42 Å². The van der Waals surface area contributed by atoms with E-state index in [0.717, 1.165) is 38.6 Å². The van der Waals surface area contributed by atoms with Crippen molar-refractivity contribution in [3.63, 3.8) is 0 Å². The van der Waals surface area contributed by atoms with Crippen LogP contribution in [0.2, 0.25) is 0 Å². The third kappa shape index (κ3) is 6.34. The third-order valence-corrected chi connectivity index (χ3v) is 8.66. The Bertz CT molecular complexity index is 572. The topological polar surface area (TPSA) is 117 Å². The molecule has 8 atom stereocenters. The largest absolute Gasteiger partial charge is 0.598 e. The molecule has 0 amide bonds. The second kappa shape index (κ2) is 10.8. The predicted octanol–water partition coefficient (Wildman–Crippen LogP) is -0.144. The molecule has 0 spiro atoms.